The molecule has 0 atom stereocenters. The molecule has 0 saturated heterocycles. The zero-order chi connectivity index (χ0) is 20.8. The number of aromatic amines is 1. The van der Waals surface area contributed by atoms with Crippen LogP contribution in [0.5, 0.6) is 0 Å². The molecule has 8 nitrogen and oxygen atoms in total. The fourth-order valence-corrected chi connectivity index (χ4v) is 5.27. The van der Waals surface area contributed by atoms with Crippen LogP contribution in [0.4, 0.5) is 0 Å². The van der Waals surface area contributed by atoms with Gasteiger partial charge in [0.15, 0.2) is 5.65 Å². The number of H-pyrrole nitrogens is 1. The Labute approximate surface area is 169 Å². The summed E-state index contributed by atoms with van der Waals surface area (Å²) in [4.78, 5) is 46.1. The van der Waals surface area contributed by atoms with Crippen molar-refractivity contribution in [2.24, 2.45) is 11.1 Å². The summed E-state index contributed by atoms with van der Waals surface area (Å²) in [6.07, 6.45) is 7.28. The molecule has 8 heteroatoms. The van der Waals surface area contributed by atoms with Gasteiger partial charge in [0.2, 0.25) is 5.91 Å². The fraction of sp³-hybridized carbons (Fsp3) is 0.714. The molecule has 1 amide bonds. The largest absolute Gasteiger partial charge is 0.369 e. The third-order valence-electron chi connectivity index (χ3n) is 7.32. The molecule has 29 heavy (non-hydrogen) atoms. The topological polar surface area (TPSA) is 116 Å². The molecule has 2 aromatic heterocycles. The van der Waals surface area contributed by atoms with Crippen LogP contribution in [0.2, 0.25) is 0 Å². The number of fused-ring (bicyclic) bond motifs is 4. The molecular weight excluding hydrogens is 370 g/mol. The number of nitrogens with zero attached hydrogens (tertiary/aromatic N) is 3. The van der Waals surface area contributed by atoms with E-state index in [-0.39, 0.29) is 28.0 Å². The van der Waals surface area contributed by atoms with Gasteiger partial charge >= 0.3 is 5.69 Å². The van der Waals surface area contributed by atoms with Gasteiger partial charge in [0.05, 0.1) is 0 Å². The van der Waals surface area contributed by atoms with E-state index in [1.807, 2.05) is 13.8 Å². The van der Waals surface area contributed by atoms with Crippen LogP contribution in [-0.4, -0.2) is 25.0 Å². The molecule has 0 aliphatic heterocycles. The number of carbonyl (C=O) groups is 1. The number of hydrogen-bond acceptors (Lipinski definition) is 4. The Bertz CT molecular complexity index is 1040. The monoisotopic (exact) mass is 401 g/mol. The molecule has 3 saturated carbocycles. The molecule has 3 aliphatic carbocycles. The van der Waals surface area contributed by atoms with Crippen LogP contribution in [0.1, 0.15) is 77.5 Å². The summed E-state index contributed by atoms with van der Waals surface area (Å²) in [5.74, 6) is 0.603. The lowest BCUT2D eigenvalue weighted by atomic mass is 9.53. The minimum atomic E-state index is -0.370. The van der Waals surface area contributed by atoms with Gasteiger partial charge in [-0.25, -0.2) is 9.78 Å². The molecule has 2 bridgehead atoms. The van der Waals surface area contributed by atoms with Crippen molar-refractivity contribution >= 4 is 17.1 Å². The number of aryl methyl sites for hydroxylation is 1. The molecule has 0 unspecified atom stereocenters. The average Bonchev–Trinajstić information content (AvgIpc) is 3.19. The molecule has 0 aromatic carbocycles. The molecule has 0 radical (unpaired) electrons. The molecule has 158 valence electrons. The summed E-state index contributed by atoms with van der Waals surface area (Å²) in [5, 5.41) is 0. The highest BCUT2D eigenvalue weighted by Crippen LogP contribution is 2.57. The van der Waals surface area contributed by atoms with Gasteiger partial charge in [-0.15, -0.1) is 0 Å². The molecule has 3 aliphatic rings. The van der Waals surface area contributed by atoms with E-state index in [0.717, 1.165) is 63.6 Å². The van der Waals surface area contributed by atoms with Crippen molar-refractivity contribution in [1.29, 1.82) is 0 Å². The van der Waals surface area contributed by atoms with Gasteiger partial charge in [-0.1, -0.05) is 20.3 Å². The minimum absolute atomic E-state index is 0.163. The Morgan fingerprint density at radius 2 is 1.69 bits per heavy atom. The van der Waals surface area contributed by atoms with Gasteiger partial charge in [-0.2, -0.15) is 0 Å². The lowest BCUT2D eigenvalue weighted by molar-refractivity contribution is -0.134. The maximum atomic E-state index is 13.1. The van der Waals surface area contributed by atoms with Crippen molar-refractivity contribution in [1.82, 2.24) is 19.1 Å². The summed E-state index contributed by atoms with van der Waals surface area (Å²) >= 11 is 0. The van der Waals surface area contributed by atoms with E-state index in [1.165, 1.54) is 4.57 Å². The van der Waals surface area contributed by atoms with Crippen LogP contribution >= 0.6 is 0 Å². The lowest BCUT2D eigenvalue weighted by Gasteiger charge is -2.50. The summed E-state index contributed by atoms with van der Waals surface area (Å²) in [5.41, 5.74) is 5.50. The zero-order valence-corrected chi connectivity index (χ0v) is 17.4. The van der Waals surface area contributed by atoms with Crippen molar-refractivity contribution in [3.05, 3.63) is 26.7 Å². The Morgan fingerprint density at radius 3 is 2.24 bits per heavy atom. The molecule has 3 fully saturated rings. The van der Waals surface area contributed by atoms with E-state index in [4.69, 9.17) is 10.7 Å². The summed E-state index contributed by atoms with van der Waals surface area (Å²) in [6.45, 7) is 5.01. The maximum Gasteiger partial charge on any atom is 0.332 e. The van der Waals surface area contributed by atoms with E-state index in [0.29, 0.717) is 24.3 Å². The first kappa shape index (κ1) is 19.9. The van der Waals surface area contributed by atoms with Gasteiger partial charge in [0.1, 0.15) is 11.3 Å². The third-order valence-corrected chi connectivity index (χ3v) is 7.32. The van der Waals surface area contributed by atoms with Crippen molar-refractivity contribution in [2.45, 2.75) is 90.1 Å². The highest BCUT2D eigenvalue weighted by molar-refractivity contribution is 5.81. The number of primary amides is 1. The summed E-state index contributed by atoms with van der Waals surface area (Å²) in [7, 11) is 0. The molecule has 5 rings (SSSR count). The predicted octanol–water partition coefficient (Wildman–Crippen LogP) is 2.17. The molecule has 2 heterocycles. The smallest absolute Gasteiger partial charge is 0.332 e. The first-order chi connectivity index (χ1) is 13.9. The number of unbranched alkanes of at least 4 members (excludes halogenated alkanes) is 1. The number of carbonyl (C=O) groups excluding carboxylic acids is 1. The van der Waals surface area contributed by atoms with Gasteiger partial charge < -0.3 is 10.7 Å². The van der Waals surface area contributed by atoms with Crippen LogP contribution in [0.25, 0.3) is 11.2 Å². The predicted molar refractivity (Wildman–Crippen MR) is 111 cm³/mol. The average molecular weight is 402 g/mol. The minimum Gasteiger partial charge on any atom is -0.369 e. The van der Waals surface area contributed by atoms with Crippen molar-refractivity contribution in [2.75, 3.05) is 0 Å². The maximum absolute atomic E-state index is 13.1. The second kappa shape index (κ2) is 7.15. The highest BCUT2D eigenvalue weighted by atomic mass is 16.2. The number of aromatic nitrogens is 4. The van der Waals surface area contributed by atoms with Crippen LogP contribution in [0.3, 0.4) is 0 Å². The van der Waals surface area contributed by atoms with Crippen LogP contribution in [0, 0.1) is 5.41 Å². The normalized spacial score (nSPS) is 26.3. The SMILES string of the molecule is CCCCn1c(=O)c2[nH]c(C34CCC(C(N)=O)(CC3)CC4)nc2n(CCC)c1=O. The molecule has 2 aromatic rings. The molecule has 0 spiro atoms. The summed E-state index contributed by atoms with van der Waals surface area (Å²) in [6, 6.07) is 0. The Kier molecular flexibility index (Phi) is 4.91. The lowest BCUT2D eigenvalue weighted by Crippen LogP contribution is -2.50. The number of nitrogens with one attached hydrogen (secondary N) is 1. The number of nitrogens with two attached hydrogens (primary N) is 1. The fourth-order valence-electron chi connectivity index (χ4n) is 5.27. The Morgan fingerprint density at radius 1 is 1.03 bits per heavy atom. The van der Waals surface area contributed by atoms with E-state index >= 15 is 0 Å². The van der Waals surface area contributed by atoms with E-state index < -0.39 is 0 Å². The number of amides is 1. The van der Waals surface area contributed by atoms with Crippen LogP contribution in [-0.2, 0) is 23.3 Å². The Hall–Kier alpha value is -2.38. The molecular formula is C21H31N5O3. The highest BCUT2D eigenvalue weighted by Gasteiger charge is 2.53. The Balaban J connectivity index is 1.82. The van der Waals surface area contributed by atoms with Gasteiger partial charge in [0, 0.05) is 23.9 Å². The quantitative estimate of drug-likeness (QED) is 0.739. The first-order valence-electron chi connectivity index (χ1n) is 10.9. The first-order valence-corrected chi connectivity index (χ1v) is 10.9. The van der Waals surface area contributed by atoms with Crippen LogP contribution in [0.15, 0.2) is 9.59 Å². The third kappa shape index (κ3) is 2.95. The standard InChI is InChI=1S/C21H31N5O3/c1-3-5-13-26-16(27)14-15(25(12-4-2)19(26)29)24-18(23-14)21-9-6-20(7-10-21,8-11-21)17(22)28/h3-13H2,1-2H3,(H2,22,28)(H,23,24). The van der Waals surface area contributed by atoms with Gasteiger partial charge in [0.25, 0.3) is 5.56 Å². The van der Waals surface area contributed by atoms with E-state index in [9.17, 15) is 14.4 Å². The van der Waals surface area contributed by atoms with E-state index in [1.54, 1.807) is 4.57 Å². The number of imidazole rings is 1. The number of hydrogen-bond donors (Lipinski definition) is 2. The van der Waals surface area contributed by atoms with Gasteiger partial charge in [-0.3, -0.25) is 18.7 Å². The van der Waals surface area contributed by atoms with Crippen molar-refractivity contribution < 1.29 is 4.79 Å². The second-order valence-electron chi connectivity index (χ2n) is 8.95. The van der Waals surface area contributed by atoms with Gasteiger partial charge in [-0.05, 0) is 51.4 Å². The van der Waals surface area contributed by atoms with E-state index in [2.05, 4.69) is 4.98 Å². The second-order valence-corrected chi connectivity index (χ2v) is 8.95. The van der Waals surface area contributed by atoms with Crippen molar-refractivity contribution in [3.63, 3.8) is 0 Å². The zero-order valence-electron chi connectivity index (χ0n) is 17.4. The number of rotatable bonds is 7. The summed E-state index contributed by atoms with van der Waals surface area (Å²) < 4.78 is 2.99. The molecule has 3 N–H and O–H groups in total. The van der Waals surface area contributed by atoms with Crippen LogP contribution < -0.4 is 17.0 Å². The van der Waals surface area contributed by atoms with Crippen molar-refractivity contribution in [3.8, 4) is 0 Å².